The Morgan fingerprint density at radius 1 is 1.25 bits per heavy atom. The summed E-state index contributed by atoms with van der Waals surface area (Å²) in [5, 5.41) is 3.49. The van der Waals surface area contributed by atoms with Gasteiger partial charge in [0.15, 0.2) is 0 Å². The van der Waals surface area contributed by atoms with Gasteiger partial charge < -0.3 is 14.3 Å². The zero-order valence-corrected chi connectivity index (χ0v) is 13.4. The van der Waals surface area contributed by atoms with Crippen LogP contribution in [0.15, 0.2) is 16.8 Å². The maximum atomic E-state index is 5.86. The second kappa shape index (κ2) is 5.44. The van der Waals surface area contributed by atoms with Crippen LogP contribution in [0.4, 0.5) is 0 Å². The Kier molecular flexibility index (Phi) is 4.04. The summed E-state index contributed by atoms with van der Waals surface area (Å²) in [4.78, 5) is 4.32. The third-order valence-electron chi connectivity index (χ3n) is 3.55. The second-order valence-corrected chi connectivity index (χ2v) is 6.44. The fraction of sp³-hybridized carbons (Fsp3) is 0.562. The Balaban J connectivity index is 2.09. The molecule has 0 aliphatic carbocycles. The summed E-state index contributed by atoms with van der Waals surface area (Å²) in [5.74, 6) is 1.97. The predicted molar refractivity (Wildman–Crippen MR) is 80.8 cm³/mol. The maximum absolute atomic E-state index is 5.86. The van der Waals surface area contributed by atoms with Crippen LogP contribution in [0.5, 0.6) is 0 Å². The van der Waals surface area contributed by atoms with Crippen molar-refractivity contribution in [3.63, 3.8) is 0 Å². The summed E-state index contributed by atoms with van der Waals surface area (Å²) in [7, 11) is 0. The van der Waals surface area contributed by atoms with Gasteiger partial charge in [0.2, 0.25) is 0 Å². The summed E-state index contributed by atoms with van der Waals surface area (Å²) in [6.45, 7) is 14.2. The first-order valence-electron chi connectivity index (χ1n) is 7.08. The van der Waals surface area contributed by atoms with Gasteiger partial charge in [-0.15, -0.1) is 0 Å². The highest BCUT2D eigenvalue weighted by atomic mass is 16.3. The molecule has 0 aromatic carbocycles. The van der Waals surface area contributed by atoms with Crippen LogP contribution in [-0.2, 0) is 13.1 Å². The first kappa shape index (κ1) is 14.9. The van der Waals surface area contributed by atoms with Gasteiger partial charge in [0.25, 0.3) is 0 Å². The van der Waals surface area contributed by atoms with E-state index < -0.39 is 0 Å². The van der Waals surface area contributed by atoms with E-state index in [-0.39, 0.29) is 5.54 Å². The van der Waals surface area contributed by atoms with Gasteiger partial charge in [-0.3, -0.25) is 0 Å². The number of nitrogens with zero attached hydrogens (tertiary/aromatic N) is 2. The number of nitrogens with one attached hydrogen (secondary N) is 1. The second-order valence-electron chi connectivity index (χ2n) is 6.44. The minimum Gasteiger partial charge on any atom is -0.464 e. The van der Waals surface area contributed by atoms with E-state index in [4.69, 9.17) is 4.42 Å². The maximum Gasteiger partial charge on any atom is 0.124 e. The zero-order chi connectivity index (χ0) is 14.9. The lowest BCUT2D eigenvalue weighted by molar-refractivity contribution is 0.419. The predicted octanol–water partition coefficient (Wildman–Crippen LogP) is 3.34. The molecule has 110 valence electrons. The Hall–Kier alpha value is -1.55. The van der Waals surface area contributed by atoms with Crippen molar-refractivity contribution in [3.8, 4) is 0 Å². The molecule has 1 N–H and O–H groups in total. The van der Waals surface area contributed by atoms with Gasteiger partial charge in [-0.05, 0) is 47.6 Å². The molecule has 0 saturated heterocycles. The van der Waals surface area contributed by atoms with Gasteiger partial charge in [-0.2, -0.15) is 0 Å². The molecule has 0 radical (unpaired) electrons. The van der Waals surface area contributed by atoms with E-state index >= 15 is 0 Å². The molecule has 2 aromatic heterocycles. The molecule has 0 spiro atoms. The summed E-state index contributed by atoms with van der Waals surface area (Å²) in [6.07, 6.45) is 1.87. The first-order chi connectivity index (χ1) is 9.26. The summed E-state index contributed by atoms with van der Waals surface area (Å²) < 4.78 is 7.98. The fourth-order valence-corrected chi connectivity index (χ4v) is 2.07. The highest BCUT2D eigenvalue weighted by Gasteiger charge is 2.13. The van der Waals surface area contributed by atoms with Gasteiger partial charge >= 0.3 is 0 Å². The van der Waals surface area contributed by atoms with Gasteiger partial charge in [0, 0.05) is 23.3 Å². The normalized spacial score (nSPS) is 12.1. The third-order valence-corrected chi connectivity index (χ3v) is 3.55. The number of rotatable bonds is 4. The number of imidazole rings is 1. The van der Waals surface area contributed by atoms with E-state index in [1.807, 2.05) is 20.2 Å². The largest absolute Gasteiger partial charge is 0.464 e. The molecule has 0 unspecified atom stereocenters. The van der Waals surface area contributed by atoms with Crippen LogP contribution in [0.2, 0.25) is 0 Å². The van der Waals surface area contributed by atoms with Crippen LogP contribution in [0.25, 0.3) is 0 Å². The fourth-order valence-electron chi connectivity index (χ4n) is 2.07. The third kappa shape index (κ3) is 3.51. The molecule has 2 rings (SSSR count). The van der Waals surface area contributed by atoms with E-state index in [9.17, 15) is 0 Å². The SMILES string of the molecule is Cc1ncn(Cc2cc(CNC(C)(C)C)c(C)o2)c1C. The molecule has 0 aliphatic rings. The topological polar surface area (TPSA) is 43.0 Å². The number of aromatic nitrogens is 2. The van der Waals surface area contributed by atoms with E-state index in [0.29, 0.717) is 0 Å². The summed E-state index contributed by atoms with van der Waals surface area (Å²) >= 11 is 0. The average Bonchev–Trinajstić information content (AvgIpc) is 2.83. The quantitative estimate of drug-likeness (QED) is 0.930. The average molecular weight is 275 g/mol. The molecule has 0 saturated carbocycles. The number of aryl methyl sites for hydroxylation is 2. The summed E-state index contributed by atoms with van der Waals surface area (Å²) in [6, 6.07) is 2.14. The molecular weight excluding hydrogens is 250 g/mol. The minimum absolute atomic E-state index is 0.113. The Morgan fingerprint density at radius 3 is 2.50 bits per heavy atom. The van der Waals surface area contributed by atoms with Crippen LogP contribution < -0.4 is 5.32 Å². The van der Waals surface area contributed by atoms with Crippen LogP contribution >= 0.6 is 0 Å². The highest BCUT2D eigenvalue weighted by molar-refractivity contribution is 5.22. The van der Waals surface area contributed by atoms with E-state index in [2.05, 4.69) is 48.6 Å². The molecule has 20 heavy (non-hydrogen) atoms. The van der Waals surface area contributed by atoms with Crippen LogP contribution in [0.1, 0.15) is 49.2 Å². The monoisotopic (exact) mass is 275 g/mol. The van der Waals surface area contributed by atoms with E-state index in [0.717, 1.165) is 30.3 Å². The molecule has 2 aromatic rings. The van der Waals surface area contributed by atoms with Crippen molar-refractivity contribution in [2.75, 3.05) is 0 Å². The van der Waals surface area contributed by atoms with Crippen molar-refractivity contribution in [1.82, 2.24) is 14.9 Å². The van der Waals surface area contributed by atoms with Crippen LogP contribution in [-0.4, -0.2) is 15.1 Å². The van der Waals surface area contributed by atoms with Gasteiger partial charge in [0.05, 0.1) is 18.6 Å². The molecule has 0 aliphatic heterocycles. The Morgan fingerprint density at radius 2 is 1.95 bits per heavy atom. The summed E-state index contributed by atoms with van der Waals surface area (Å²) in [5.41, 5.74) is 3.60. The lowest BCUT2D eigenvalue weighted by Crippen LogP contribution is -2.35. The first-order valence-corrected chi connectivity index (χ1v) is 7.08. The Labute approximate surface area is 121 Å². The minimum atomic E-state index is 0.113. The van der Waals surface area contributed by atoms with Crippen molar-refractivity contribution in [2.45, 2.75) is 60.2 Å². The molecule has 4 heteroatoms. The van der Waals surface area contributed by atoms with Crippen molar-refractivity contribution in [2.24, 2.45) is 0 Å². The standard InChI is InChI=1S/C16H25N3O/c1-11-12(2)19(10-17-11)9-15-7-14(13(3)20-15)8-18-16(4,5)6/h7,10,18H,8-9H2,1-6H3. The highest BCUT2D eigenvalue weighted by Crippen LogP contribution is 2.18. The van der Waals surface area contributed by atoms with Crippen molar-refractivity contribution in [1.29, 1.82) is 0 Å². The van der Waals surface area contributed by atoms with Crippen molar-refractivity contribution < 1.29 is 4.42 Å². The molecule has 0 fully saturated rings. The number of furan rings is 1. The van der Waals surface area contributed by atoms with E-state index in [1.165, 1.54) is 11.3 Å². The van der Waals surface area contributed by atoms with Crippen molar-refractivity contribution in [3.05, 3.63) is 40.9 Å². The van der Waals surface area contributed by atoms with E-state index in [1.54, 1.807) is 0 Å². The van der Waals surface area contributed by atoms with Crippen LogP contribution in [0, 0.1) is 20.8 Å². The molecule has 0 atom stereocenters. The molecule has 4 nitrogen and oxygen atoms in total. The Bertz CT molecular complexity index is 587. The van der Waals surface area contributed by atoms with Crippen LogP contribution in [0.3, 0.4) is 0 Å². The van der Waals surface area contributed by atoms with Crippen molar-refractivity contribution >= 4 is 0 Å². The van der Waals surface area contributed by atoms with Gasteiger partial charge in [-0.1, -0.05) is 0 Å². The number of hydrogen-bond donors (Lipinski definition) is 1. The number of hydrogen-bond acceptors (Lipinski definition) is 3. The molecule has 0 bridgehead atoms. The molecule has 0 amide bonds. The van der Waals surface area contributed by atoms with Gasteiger partial charge in [0.1, 0.15) is 11.5 Å². The lowest BCUT2D eigenvalue weighted by Gasteiger charge is -2.20. The molecule has 2 heterocycles. The van der Waals surface area contributed by atoms with Gasteiger partial charge in [-0.25, -0.2) is 4.98 Å². The smallest absolute Gasteiger partial charge is 0.124 e. The lowest BCUT2D eigenvalue weighted by atomic mass is 10.1. The molecular formula is C16H25N3O. The zero-order valence-electron chi connectivity index (χ0n) is 13.4.